The SMILES string of the molecule is COc1ccc(NC(=O)C(N)C(=O)O)cc1. The van der Waals surface area contributed by atoms with Crippen LogP contribution >= 0.6 is 0 Å². The summed E-state index contributed by atoms with van der Waals surface area (Å²) in [5.41, 5.74) is 5.59. The molecule has 6 nitrogen and oxygen atoms in total. The first-order chi connectivity index (χ1) is 7.54. The van der Waals surface area contributed by atoms with Crippen LogP contribution in [0, 0.1) is 0 Å². The first-order valence-electron chi connectivity index (χ1n) is 4.48. The Hall–Kier alpha value is -2.08. The van der Waals surface area contributed by atoms with Crippen molar-refractivity contribution >= 4 is 17.6 Å². The number of nitrogens with one attached hydrogen (secondary N) is 1. The van der Waals surface area contributed by atoms with Crippen LogP contribution < -0.4 is 15.8 Å². The predicted octanol–water partition coefficient (Wildman–Crippen LogP) is 0.0456. The van der Waals surface area contributed by atoms with Crippen molar-refractivity contribution < 1.29 is 19.4 Å². The monoisotopic (exact) mass is 224 g/mol. The molecule has 1 atom stereocenters. The first kappa shape index (κ1) is 12.0. The zero-order valence-electron chi connectivity index (χ0n) is 8.64. The van der Waals surface area contributed by atoms with Crippen LogP contribution in [0.4, 0.5) is 5.69 Å². The topological polar surface area (TPSA) is 102 Å². The molecule has 0 aliphatic heterocycles. The van der Waals surface area contributed by atoms with Crippen LogP contribution in [-0.4, -0.2) is 30.1 Å². The molecule has 0 heterocycles. The lowest BCUT2D eigenvalue weighted by molar-refractivity contribution is -0.141. The van der Waals surface area contributed by atoms with E-state index in [-0.39, 0.29) is 0 Å². The quantitative estimate of drug-likeness (QED) is 0.627. The lowest BCUT2D eigenvalue weighted by Gasteiger charge is -2.08. The van der Waals surface area contributed by atoms with Crippen LogP contribution in [-0.2, 0) is 9.59 Å². The van der Waals surface area contributed by atoms with Crippen LogP contribution in [0.1, 0.15) is 0 Å². The van der Waals surface area contributed by atoms with E-state index in [1.165, 1.54) is 7.11 Å². The molecule has 1 rings (SSSR count). The summed E-state index contributed by atoms with van der Waals surface area (Å²) >= 11 is 0. The van der Waals surface area contributed by atoms with Crippen molar-refractivity contribution in [2.75, 3.05) is 12.4 Å². The minimum absolute atomic E-state index is 0.461. The van der Waals surface area contributed by atoms with E-state index < -0.39 is 17.9 Å². The van der Waals surface area contributed by atoms with Gasteiger partial charge in [-0.05, 0) is 24.3 Å². The second-order valence-corrected chi connectivity index (χ2v) is 3.03. The maximum atomic E-state index is 11.3. The fourth-order valence-corrected chi connectivity index (χ4v) is 1.01. The average Bonchev–Trinajstić information content (AvgIpc) is 2.28. The molecule has 1 amide bonds. The van der Waals surface area contributed by atoms with Crippen LogP contribution in [0.3, 0.4) is 0 Å². The lowest BCUT2D eigenvalue weighted by Crippen LogP contribution is -2.42. The molecular weight excluding hydrogens is 212 g/mol. The highest BCUT2D eigenvalue weighted by molar-refractivity contribution is 6.07. The molecule has 0 aliphatic rings. The van der Waals surface area contributed by atoms with Crippen molar-refractivity contribution in [3.05, 3.63) is 24.3 Å². The van der Waals surface area contributed by atoms with E-state index in [1.54, 1.807) is 24.3 Å². The highest BCUT2D eigenvalue weighted by Gasteiger charge is 2.20. The van der Waals surface area contributed by atoms with Gasteiger partial charge >= 0.3 is 5.97 Å². The molecule has 6 heteroatoms. The summed E-state index contributed by atoms with van der Waals surface area (Å²) in [5.74, 6) is -1.50. The fraction of sp³-hybridized carbons (Fsp3) is 0.200. The molecule has 0 saturated heterocycles. The number of nitrogens with two attached hydrogens (primary N) is 1. The number of carboxylic acid groups (broad SMARTS) is 1. The maximum absolute atomic E-state index is 11.3. The number of carbonyl (C=O) groups is 2. The van der Waals surface area contributed by atoms with Gasteiger partial charge in [-0.15, -0.1) is 0 Å². The Kier molecular flexibility index (Phi) is 3.84. The molecule has 0 radical (unpaired) electrons. The lowest BCUT2D eigenvalue weighted by atomic mass is 10.2. The molecule has 1 aromatic carbocycles. The van der Waals surface area contributed by atoms with Crippen LogP contribution in [0.15, 0.2) is 24.3 Å². The summed E-state index contributed by atoms with van der Waals surface area (Å²) in [6.07, 6.45) is 0. The standard InChI is InChI=1S/C10H12N2O4/c1-16-7-4-2-6(3-5-7)12-9(13)8(11)10(14)15/h2-5,8H,11H2,1H3,(H,12,13)(H,14,15). The van der Waals surface area contributed by atoms with Crippen molar-refractivity contribution in [1.82, 2.24) is 0 Å². The van der Waals surface area contributed by atoms with E-state index in [9.17, 15) is 9.59 Å². The third-order valence-electron chi connectivity index (χ3n) is 1.91. The summed E-state index contributed by atoms with van der Waals surface area (Å²) in [6.45, 7) is 0. The average molecular weight is 224 g/mol. The zero-order chi connectivity index (χ0) is 12.1. The van der Waals surface area contributed by atoms with E-state index in [0.29, 0.717) is 11.4 Å². The van der Waals surface area contributed by atoms with Gasteiger partial charge in [0.15, 0.2) is 6.04 Å². The highest BCUT2D eigenvalue weighted by Crippen LogP contribution is 2.14. The summed E-state index contributed by atoms with van der Waals surface area (Å²) in [5, 5.41) is 10.9. The van der Waals surface area contributed by atoms with Crippen LogP contribution in [0.2, 0.25) is 0 Å². The van der Waals surface area contributed by atoms with E-state index >= 15 is 0 Å². The van der Waals surface area contributed by atoms with Crippen molar-refractivity contribution in [3.8, 4) is 5.75 Å². The zero-order valence-corrected chi connectivity index (χ0v) is 8.64. The molecule has 0 saturated carbocycles. The number of hydrogen-bond donors (Lipinski definition) is 3. The van der Waals surface area contributed by atoms with Gasteiger partial charge in [-0.2, -0.15) is 0 Å². The van der Waals surface area contributed by atoms with Gasteiger partial charge in [-0.1, -0.05) is 0 Å². The molecular formula is C10H12N2O4. The Morgan fingerprint density at radius 1 is 1.38 bits per heavy atom. The van der Waals surface area contributed by atoms with Crippen molar-refractivity contribution in [3.63, 3.8) is 0 Å². The molecule has 0 aliphatic carbocycles. The van der Waals surface area contributed by atoms with Crippen molar-refractivity contribution in [2.24, 2.45) is 5.73 Å². The number of methoxy groups -OCH3 is 1. The smallest absolute Gasteiger partial charge is 0.330 e. The summed E-state index contributed by atoms with van der Waals surface area (Å²) in [4.78, 5) is 21.7. The second-order valence-electron chi connectivity index (χ2n) is 3.03. The molecule has 4 N–H and O–H groups in total. The van der Waals surface area contributed by atoms with E-state index in [2.05, 4.69) is 5.32 Å². The number of hydrogen-bond acceptors (Lipinski definition) is 4. The number of amides is 1. The third-order valence-corrected chi connectivity index (χ3v) is 1.91. The Bertz CT molecular complexity index is 388. The summed E-state index contributed by atoms with van der Waals surface area (Å²) in [6, 6.07) is 4.89. The predicted molar refractivity (Wildman–Crippen MR) is 57.2 cm³/mol. The first-order valence-corrected chi connectivity index (χ1v) is 4.48. The van der Waals surface area contributed by atoms with E-state index in [4.69, 9.17) is 15.6 Å². The van der Waals surface area contributed by atoms with Gasteiger partial charge in [0.1, 0.15) is 5.75 Å². The second kappa shape index (κ2) is 5.13. The normalized spacial score (nSPS) is 11.6. The van der Waals surface area contributed by atoms with Gasteiger partial charge < -0.3 is 20.9 Å². The van der Waals surface area contributed by atoms with Gasteiger partial charge in [-0.3, -0.25) is 4.79 Å². The molecule has 0 bridgehead atoms. The molecule has 0 aromatic heterocycles. The number of ether oxygens (including phenoxy) is 1. The summed E-state index contributed by atoms with van der Waals surface area (Å²) < 4.78 is 4.93. The van der Waals surface area contributed by atoms with Gasteiger partial charge in [0.05, 0.1) is 7.11 Å². The Balaban J connectivity index is 2.66. The molecule has 0 spiro atoms. The number of aliphatic carboxylic acids is 1. The Morgan fingerprint density at radius 2 is 1.94 bits per heavy atom. The van der Waals surface area contributed by atoms with E-state index in [0.717, 1.165) is 0 Å². The largest absolute Gasteiger partial charge is 0.497 e. The maximum Gasteiger partial charge on any atom is 0.330 e. The van der Waals surface area contributed by atoms with Crippen LogP contribution in [0.5, 0.6) is 5.75 Å². The number of carbonyl (C=O) groups excluding carboxylic acids is 1. The number of rotatable bonds is 4. The molecule has 86 valence electrons. The minimum Gasteiger partial charge on any atom is -0.497 e. The van der Waals surface area contributed by atoms with Crippen molar-refractivity contribution in [1.29, 1.82) is 0 Å². The number of carboxylic acids is 1. The number of benzene rings is 1. The molecule has 0 fully saturated rings. The fourth-order valence-electron chi connectivity index (χ4n) is 1.01. The van der Waals surface area contributed by atoms with Gasteiger partial charge in [0.2, 0.25) is 0 Å². The third kappa shape index (κ3) is 2.96. The molecule has 1 unspecified atom stereocenters. The highest BCUT2D eigenvalue weighted by atomic mass is 16.5. The minimum atomic E-state index is -1.57. The summed E-state index contributed by atoms with van der Waals surface area (Å²) in [7, 11) is 1.52. The molecule has 16 heavy (non-hydrogen) atoms. The van der Waals surface area contributed by atoms with Gasteiger partial charge in [0.25, 0.3) is 5.91 Å². The Labute approximate surface area is 92.0 Å². The van der Waals surface area contributed by atoms with E-state index in [1.807, 2.05) is 0 Å². The van der Waals surface area contributed by atoms with Crippen LogP contribution in [0.25, 0.3) is 0 Å². The Morgan fingerprint density at radius 3 is 2.38 bits per heavy atom. The molecule has 1 aromatic rings. The van der Waals surface area contributed by atoms with Gasteiger partial charge in [-0.25, -0.2) is 4.79 Å². The number of anilines is 1. The van der Waals surface area contributed by atoms with Gasteiger partial charge in [0, 0.05) is 5.69 Å². The van der Waals surface area contributed by atoms with Crippen molar-refractivity contribution in [2.45, 2.75) is 6.04 Å².